The van der Waals surface area contributed by atoms with Crippen molar-refractivity contribution in [2.45, 2.75) is 37.9 Å². The molecule has 1 aliphatic rings. The van der Waals surface area contributed by atoms with Crippen molar-refractivity contribution >= 4 is 10.0 Å². The smallest absolute Gasteiger partial charge is 0.278 e. The van der Waals surface area contributed by atoms with E-state index in [0.29, 0.717) is 24.5 Å². The maximum absolute atomic E-state index is 12.4. The number of sulfonamides is 1. The first kappa shape index (κ1) is 13.4. The lowest BCUT2D eigenvalue weighted by Gasteiger charge is -2.29. The molecule has 100 valence electrons. The van der Waals surface area contributed by atoms with Gasteiger partial charge in [0.15, 0.2) is 0 Å². The predicted molar refractivity (Wildman–Crippen MR) is 67.5 cm³/mol. The van der Waals surface area contributed by atoms with Crippen LogP contribution in [0.25, 0.3) is 0 Å². The Labute approximate surface area is 107 Å². The minimum atomic E-state index is -3.61. The zero-order valence-electron chi connectivity index (χ0n) is 10.6. The van der Waals surface area contributed by atoms with Crippen LogP contribution in [0.5, 0.6) is 0 Å². The SMILES string of the molecule is Cc1cc(C)nc(S(=O)(=O)N2CCC[C@@H](N)C2)n1. The Morgan fingerprint density at radius 1 is 1.33 bits per heavy atom. The molecule has 0 radical (unpaired) electrons. The summed E-state index contributed by atoms with van der Waals surface area (Å²) in [6.45, 7) is 4.36. The molecular formula is C11H18N4O2S. The summed E-state index contributed by atoms with van der Waals surface area (Å²) in [6.07, 6.45) is 1.64. The lowest BCUT2D eigenvalue weighted by molar-refractivity contribution is 0.314. The molecule has 2 rings (SSSR count). The lowest BCUT2D eigenvalue weighted by atomic mass is 10.1. The highest BCUT2D eigenvalue weighted by molar-refractivity contribution is 7.88. The molecule has 2 N–H and O–H groups in total. The van der Waals surface area contributed by atoms with Crippen molar-refractivity contribution in [3.8, 4) is 0 Å². The molecular weight excluding hydrogens is 252 g/mol. The van der Waals surface area contributed by atoms with Gasteiger partial charge in [-0.3, -0.25) is 0 Å². The van der Waals surface area contributed by atoms with Gasteiger partial charge in [-0.15, -0.1) is 0 Å². The fraction of sp³-hybridized carbons (Fsp3) is 0.636. The average Bonchev–Trinajstić information content (AvgIpc) is 2.27. The molecule has 7 heteroatoms. The first-order valence-electron chi connectivity index (χ1n) is 5.97. The molecule has 0 bridgehead atoms. The number of rotatable bonds is 2. The Hall–Kier alpha value is -1.05. The van der Waals surface area contributed by atoms with Crippen molar-refractivity contribution in [2.24, 2.45) is 5.73 Å². The predicted octanol–water partition coefficient (Wildman–Crippen LogP) is 0.205. The zero-order chi connectivity index (χ0) is 13.3. The largest absolute Gasteiger partial charge is 0.327 e. The van der Waals surface area contributed by atoms with Gasteiger partial charge in [-0.2, -0.15) is 4.31 Å². The summed E-state index contributed by atoms with van der Waals surface area (Å²) in [5.41, 5.74) is 7.12. The van der Waals surface area contributed by atoms with Crippen molar-refractivity contribution in [3.05, 3.63) is 17.5 Å². The molecule has 0 aromatic carbocycles. The molecule has 1 atom stereocenters. The molecule has 0 amide bonds. The number of aryl methyl sites for hydroxylation is 2. The van der Waals surface area contributed by atoms with E-state index in [1.165, 1.54) is 4.31 Å². The average molecular weight is 270 g/mol. The summed E-state index contributed by atoms with van der Waals surface area (Å²) in [7, 11) is -3.61. The normalized spacial score (nSPS) is 22.1. The summed E-state index contributed by atoms with van der Waals surface area (Å²) >= 11 is 0. The summed E-state index contributed by atoms with van der Waals surface area (Å²) < 4.78 is 26.1. The quantitative estimate of drug-likeness (QED) is 0.776. The van der Waals surface area contributed by atoms with Crippen LogP contribution in [0.3, 0.4) is 0 Å². The van der Waals surface area contributed by atoms with Crippen molar-refractivity contribution in [2.75, 3.05) is 13.1 Å². The van der Waals surface area contributed by atoms with Crippen molar-refractivity contribution in [3.63, 3.8) is 0 Å². The number of hydrogen-bond acceptors (Lipinski definition) is 5. The van der Waals surface area contributed by atoms with Gasteiger partial charge >= 0.3 is 0 Å². The summed E-state index contributed by atoms with van der Waals surface area (Å²) in [5, 5.41) is -0.117. The van der Waals surface area contributed by atoms with Crippen LogP contribution in [0.15, 0.2) is 11.2 Å². The second kappa shape index (κ2) is 4.91. The summed E-state index contributed by atoms with van der Waals surface area (Å²) in [5.74, 6) is 0. The minimum absolute atomic E-state index is 0.0977. The molecule has 0 spiro atoms. The van der Waals surface area contributed by atoms with E-state index in [4.69, 9.17) is 5.73 Å². The van der Waals surface area contributed by atoms with E-state index in [0.717, 1.165) is 12.8 Å². The lowest BCUT2D eigenvalue weighted by Crippen LogP contribution is -2.46. The third kappa shape index (κ3) is 2.68. The number of piperidine rings is 1. The molecule has 2 heterocycles. The number of aromatic nitrogens is 2. The molecule has 1 aromatic rings. The molecule has 0 saturated carbocycles. The Morgan fingerprint density at radius 2 is 1.94 bits per heavy atom. The van der Waals surface area contributed by atoms with Gasteiger partial charge in [-0.05, 0) is 32.8 Å². The van der Waals surface area contributed by atoms with Crippen LogP contribution >= 0.6 is 0 Å². The second-order valence-corrected chi connectivity index (χ2v) is 6.53. The maximum atomic E-state index is 12.4. The van der Waals surface area contributed by atoms with Crippen LogP contribution in [0, 0.1) is 13.8 Å². The molecule has 1 aromatic heterocycles. The van der Waals surface area contributed by atoms with Gasteiger partial charge in [0.25, 0.3) is 15.2 Å². The van der Waals surface area contributed by atoms with Gasteiger partial charge in [0.1, 0.15) is 0 Å². The van der Waals surface area contributed by atoms with E-state index in [2.05, 4.69) is 9.97 Å². The van der Waals surface area contributed by atoms with E-state index >= 15 is 0 Å². The van der Waals surface area contributed by atoms with Crippen molar-refractivity contribution < 1.29 is 8.42 Å². The van der Waals surface area contributed by atoms with Crippen LogP contribution < -0.4 is 5.73 Å². The first-order chi connectivity index (χ1) is 8.39. The Kier molecular flexibility index (Phi) is 3.65. The highest BCUT2D eigenvalue weighted by atomic mass is 32.2. The topological polar surface area (TPSA) is 89.2 Å². The molecule has 1 aliphatic heterocycles. The Morgan fingerprint density at radius 3 is 2.50 bits per heavy atom. The van der Waals surface area contributed by atoms with Crippen LogP contribution in [-0.2, 0) is 10.0 Å². The fourth-order valence-corrected chi connectivity index (χ4v) is 3.62. The highest BCUT2D eigenvalue weighted by Gasteiger charge is 2.31. The molecule has 18 heavy (non-hydrogen) atoms. The molecule has 1 fully saturated rings. The highest BCUT2D eigenvalue weighted by Crippen LogP contribution is 2.18. The number of nitrogens with zero attached hydrogens (tertiary/aromatic N) is 3. The van der Waals surface area contributed by atoms with E-state index in [-0.39, 0.29) is 11.2 Å². The maximum Gasteiger partial charge on any atom is 0.278 e. The van der Waals surface area contributed by atoms with E-state index in [9.17, 15) is 8.42 Å². The Balaban J connectivity index is 2.35. The minimum Gasteiger partial charge on any atom is -0.327 e. The molecule has 6 nitrogen and oxygen atoms in total. The van der Waals surface area contributed by atoms with Crippen molar-refractivity contribution in [1.29, 1.82) is 0 Å². The van der Waals surface area contributed by atoms with E-state index in [1.54, 1.807) is 19.9 Å². The molecule has 1 saturated heterocycles. The third-order valence-electron chi connectivity index (χ3n) is 2.95. The van der Waals surface area contributed by atoms with E-state index in [1.807, 2.05) is 0 Å². The standard InChI is InChI=1S/C11H18N4O2S/c1-8-6-9(2)14-11(13-8)18(16,17)15-5-3-4-10(12)7-15/h6,10H,3-5,7,12H2,1-2H3/t10-/m1/s1. The molecule has 0 aliphatic carbocycles. The van der Waals surface area contributed by atoms with Gasteiger partial charge in [-0.25, -0.2) is 18.4 Å². The zero-order valence-corrected chi connectivity index (χ0v) is 11.4. The van der Waals surface area contributed by atoms with Crippen molar-refractivity contribution in [1.82, 2.24) is 14.3 Å². The second-order valence-electron chi connectivity index (χ2n) is 4.70. The molecule has 0 unspecified atom stereocenters. The van der Waals surface area contributed by atoms with Crippen LogP contribution in [-0.4, -0.2) is 41.8 Å². The van der Waals surface area contributed by atoms with Gasteiger partial charge in [0, 0.05) is 30.5 Å². The van der Waals surface area contributed by atoms with Crippen LogP contribution in [0.4, 0.5) is 0 Å². The monoisotopic (exact) mass is 270 g/mol. The first-order valence-corrected chi connectivity index (χ1v) is 7.41. The summed E-state index contributed by atoms with van der Waals surface area (Å²) in [4.78, 5) is 8.05. The van der Waals surface area contributed by atoms with E-state index < -0.39 is 10.0 Å². The van der Waals surface area contributed by atoms with Crippen LogP contribution in [0.2, 0.25) is 0 Å². The fourth-order valence-electron chi connectivity index (χ4n) is 2.12. The Bertz CT molecular complexity index is 524. The van der Waals surface area contributed by atoms with Crippen LogP contribution in [0.1, 0.15) is 24.2 Å². The van der Waals surface area contributed by atoms with Gasteiger partial charge < -0.3 is 5.73 Å². The van der Waals surface area contributed by atoms with Gasteiger partial charge in [-0.1, -0.05) is 0 Å². The van der Waals surface area contributed by atoms with Gasteiger partial charge in [0.05, 0.1) is 0 Å². The number of nitrogens with two attached hydrogens (primary N) is 1. The number of hydrogen-bond donors (Lipinski definition) is 1. The van der Waals surface area contributed by atoms with Gasteiger partial charge in [0.2, 0.25) is 0 Å². The summed E-state index contributed by atoms with van der Waals surface area (Å²) in [6, 6.07) is 1.65. The third-order valence-corrected chi connectivity index (χ3v) is 4.61.